The molecular formula is C17H25N3. The van der Waals surface area contributed by atoms with Crippen LogP contribution in [0.4, 0.5) is 0 Å². The van der Waals surface area contributed by atoms with Crippen LogP contribution in [0.25, 0.3) is 5.52 Å². The molecule has 1 fully saturated rings. The van der Waals surface area contributed by atoms with E-state index in [9.17, 15) is 0 Å². The van der Waals surface area contributed by atoms with Crippen molar-refractivity contribution in [1.82, 2.24) is 14.3 Å². The molecule has 0 radical (unpaired) electrons. The first-order valence-corrected chi connectivity index (χ1v) is 7.80. The molecule has 3 heteroatoms. The normalized spacial score (nSPS) is 18.2. The molecule has 108 valence electrons. The molecule has 20 heavy (non-hydrogen) atoms. The van der Waals surface area contributed by atoms with Crippen LogP contribution >= 0.6 is 0 Å². The zero-order chi connectivity index (χ0) is 14.1. The summed E-state index contributed by atoms with van der Waals surface area (Å²) >= 11 is 0. The van der Waals surface area contributed by atoms with Crippen LogP contribution in [0.2, 0.25) is 0 Å². The van der Waals surface area contributed by atoms with E-state index >= 15 is 0 Å². The molecule has 3 rings (SSSR count). The Balaban J connectivity index is 1.70. The number of piperidine rings is 1. The highest BCUT2D eigenvalue weighted by Crippen LogP contribution is 2.23. The van der Waals surface area contributed by atoms with E-state index in [-0.39, 0.29) is 0 Å². The molecule has 3 heterocycles. The molecule has 0 spiro atoms. The molecule has 1 aliphatic heterocycles. The molecule has 0 bridgehead atoms. The standard InChI is InChI=1S/C17H25N3/c1-13(2)19-8-6-15(7-9-19)10-17-18-11-16-5-4-14(3)12-20(16)17/h4-5,11-13,15H,6-10H2,1-3H3. The smallest absolute Gasteiger partial charge is 0.113 e. The molecule has 1 aliphatic rings. The Morgan fingerprint density at radius 2 is 2.00 bits per heavy atom. The predicted octanol–water partition coefficient (Wildman–Crippen LogP) is 3.31. The van der Waals surface area contributed by atoms with E-state index in [0.717, 1.165) is 12.3 Å². The van der Waals surface area contributed by atoms with Crippen molar-refractivity contribution in [3.63, 3.8) is 0 Å². The van der Waals surface area contributed by atoms with Crippen molar-refractivity contribution in [2.24, 2.45) is 5.92 Å². The van der Waals surface area contributed by atoms with Gasteiger partial charge in [-0.3, -0.25) is 0 Å². The summed E-state index contributed by atoms with van der Waals surface area (Å²) in [4.78, 5) is 7.22. The number of nitrogens with zero attached hydrogens (tertiary/aromatic N) is 3. The Morgan fingerprint density at radius 3 is 2.70 bits per heavy atom. The number of rotatable bonds is 3. The van der Waals surface area contributed by atoms with E-state index in [0.29, 0.717) is 6.04 Å². The Morgan fingerprint density at radius 1 is 1.25 bits per heavy atom. The summed E-state index contributed by atoms with van der Waals surface area (Å²) in [5, 5.41) is 0. The summed E-state index contributed by atoms with van der Waals surface area (Å²) in [5.74, 6) is 2.02. The van der Waals surface area contributed by atoms with Crippen LogP contribution in [-0.2, 0) is 6.42 Å². The molecule has 0 saturated carbocycles. The molecule has 0 amide bonds. The van der Waals surface area contributed by atoms with Gasteiger partial charge >= 0.3 is 0 Å². The lowest BCUT2D eigenvalue weighted by Gasteiger charge is -2.34. The first kappa shape index (κ1) is 13.6. The zero-order valence-electron chi connectivity index (χ0n) is 12.8. The van der Waals surface area contributed by atoms with Gasteiger partial charge in [-0.2, -0.15) is 0 Å². The van der Waals surface area contributed by atoms with Crippen LogP contribution in [0.1, 0.15) is 38.1 Å². The molecule has 0 aliphatic carbocycles. The van der Waals surface area contributed by atoms with Crippen LogP contribution in [0.3, 0.4) is 0 Å². The van der Waals surface area contributed by atoms with Gasteiger partial charge in [0.05, 0.1) is 11.7 Å². The predicted molar refractivity (Wildman–Crippen MR) is 83.1 cm³/mol. The van der Waals surface area contributed by atoms with Gasteiger partial charge in [-0.25, -0.2) is 4.98 Å². The minimum atomic E-state index is 0.686. The molecule has 2 aromatic rings. The lowest BCUT2D eigenvalue weighted by atomic mass is 9.92. The topological polar surface area (TPSA) is 20.5 Å². The first-order valence-electron chi connectivity index (χ1n) is 7.80. The van der Waals surface area contributed by atoms with Gasteiger partial charge in [-0.15, -0.1) is 0 Å². The number of aromatic nitrogens is 2. The highest BCUT2D eigenvalue weighted by Gasteiger charge is 2.22. The summed E-state index contributed by atoms with van der Waals surface area (Å²) in [6.45, 7) is 9.22. The van der Waals surface area contributed by atoms with E-state index < -0.39 is 0 Å². The largest absolute Gasteiger partial charge is 0.303 e. The van der Waals surface area contributed by atoms with Gasteiger partial charge in [-0.1, -0.05) is 6.07 Å². The van der Waals surface area contributed by atoms with Crippen molar-refractivity contribution in [3.8, 4) is 0 Å². The van der Waals surface area contributed by atoms with Gasteiger partial charge in [0.25, 0.3) is 0 Å². The zero-order valence-corrected chi connectivity index (χ0v) is 12.8. The minimum Gasteiger partial charge on any atom is -0.303 e. The highest BCUT2D eigenvalue weighted by molar-refractivity contribution is 5.46. The van der Waals surface area contributed by atoms with Crippen LogP contribution < -0.4 is 0 Å². The summed E-state index contributed by atoms with van der Waals surface area (Å²) in [6.07, 6.45) is 7.93. The van der Waals surface area contributed by atoms with Crippen molar-refractivity contribution in [2.45, 2.75) is 46.1 Å². The average Bonchev–Trinajstić information content (AvgIpc) is 2.82. The first-order chi connectivity index (χ1) is 9.63. The van der Waals surface area contributed by atoms with Crippen molar-refractivity contribution in [1.29, 1.82) is 0 Å². The van der Waals surface area contributed by atoms with Crippen molar-refractivity contribution in [3.05, 3.63) is 35.9 Å². The van der Waals surface area contributed by atoms with Gasteiger partial charge in [-0.05, 0) is 64.3 Å². The monoisotopic (exact) mass is 271 g/mol. The van der Waals surface area contributed by atoms with Crippen molar-refractivity contribution >= 4 is 5.52 Å². The van der Waals surface area contributed by atoms with Crippen LogP contribution in [0, 0.1) is 12.8 Å². The van der Waals surface area contributed by atoms with E-state index in [2.05, 4.69) is 53.4 Å². The van der Waals surface area contributed by atoms with E-state index in [1.807, 2.05) is 6.20 Å². The van der Waals surface area contributed by atoms with E-state index in [4.69, 9.17) is 0 Å². The number of likely N-dealkylation sites (tertiary alicyclic amines) is 1. The lowest BCUT2D eigenvalue weighted by Crippen LogP contribution is -2.38. The molecule has 0 atom stereocenters. The fourth-order valence-electron chi connectivity index (χ4n) is 3.23. The number of aryl methyl sites for hydroxylation is 1. The molecule has 0 N–H and O–H groups in total. The van der Waals surface area contributed by atoms with E-state index in [1.165, 1.54) is 42.8 Å². The van der Waals surface area contributed by atoms with Crippen molar-refractivity contribution in [2.75, 3.05) is 13.1 Å². The third kappa shape index (κ3) is 2.73. The van der Waals surface area contributed by atoms with Gasteiger partial charge in [0, 0.05) is 18.7 Å². The maximum Gasteiger partial charge on any atom is 0.113 e. The van der Waals surface area contributed by atoms with Gasteiger partial charge < -0.3 is 9.30 Å². The highest BCUT2D eigenvalue weighted by atomic mass is 15.1. The Kier molecular flexibility index (Phi) is 3.79. The molecular weight excluding hydrogens is 246 g/mol. The minimum absolute atomic E-state index is 0.686. The molecule has 1 saturated heterocycles. The summed E-state index contributed by atoms with van der Waals surface area (Å²) < 4.78 is 2.27. The second kappa shape index (κ2) is 5.57. The molecule has 0 unspecified atom stereocenters. The third-order valence-corrected chi connectivity index (χ3v) is 4.60. The molecule has 3 nitrogen and oxygen atoms in total. The summed E-state index contributed by atoms with van der Waals surface area (Å²) in [7, 11) is 0. The number of hydrogen-bond acceptors (Lipinski definition) is 2. The fourth-order valence-corrected chi connectivity index (χ4v) is 3.23. The summed E-state index contributed by atoms with van der Waals surface area (Å²) in [5.41, 5.74) is 2.51. The number of fused-ring (bicyclic) bond motifs is 1. The number of hydrogen-bond donors (Lipinski definition) is 0. The van der Waals surface area contributed by atoms with Crippen LogP contribution in [0.5, 0.6) is 0 Å². The molecule has 0 aromatic carbocycles. The Bertz CT molecular complexity index is 577. The van der Waals surface area contributed by atoms with Gasteiger partial charge in [0.1, 0.15) is 5.82 Å². The number of pyridine rings is 1. The second-order valence-electron chi connectivity index (χ2n) is 6.45. The quantitative estimate of drug-likeness (QED) is 0.854. The summed E-state index contributed by atoms with van der Waals surface area (Å²) in [6, 6.07) is 5.00. The van der Waals surface area contributed by atoms with Crippen molar-refractivity contribution < 1.29 is 0 Å². The lowest BCUT2D eigenvalue weighted by molar-refractivity contribution is 0.148. The Labute approximate surface area is 121 Å². The van der Waals surface area contributed by atoms with Crippen LogP contribution in [-0.4, -0.2) is 33.4 Å². The van der Waals surface area contributed by atoms with Gasteiger partial charge in [0.2, 0.25) is 0 Å². The van der Waals surface area contributed by atoms with Gasteiger partial charge in [0.15, 0.2) is 0 Å². The molecule has 2 aromatic heterocycles. The van der Waals surface area contributed by atoms with E-state index in [1.54, 1.807) is 0 Å². The van der Waals surface area contributed by atoms with Crippen LogP contribution in [0.15, 0.2) is 24.5 Å². The number of imidazole rings is 1. The maximum atomic E-state index is 4.63. The Hall–Kier alpha value is -1.35. The third-order valence-electron chi connectivity index (χ3n) is 4.60. The maximum absolute atomic E-state index is 4.63. The average molecular weight is 271 g/mol. The second-order valence-corrected chi connectivity index (χ2v) is 6.45. The SMILES string of the molecule is Cc1ccc2cnc(CC3CCN(C(C)C)CC3)n2c1. The fraction of sp³-hybridized carbons (Fsp3) is 0.588.